The fourth-order valence-corrected chi connectivity index (χ4v) is 3.75. The van der Waals surface area contributed by atoms with Crippen LogP contribution in [0.1, 0.15) is 54.4 Å². The predicted molar refractivity (Wildman–Crippen MR) is 80.5 cm³/mol. The van der Waals surface area contributed by atoms with E-state index in [0.29, 0.717) is 5.54 Å². The van der Waals surface area contributed by atoms with Gasteiger partial charge in [0, 0.05) is 37.3 Å². The van der Waals surface area contributed by atoms with Gasteiger partial charge in [-0.3, -0.25) is 9.80 Å². The standard InChI is InChI=1S/C16H32N2O/c1-15(2,3)18-13-7-8-14(18)12-17(11-13)9-10-19-16(4,5)6/h13-14H,7-12H2,1-6H3. The van der Waals surface area contributed by atoms with E-state index in [4.69, 9.17) is 4.74 Å². The van der Waals surface area contributed by atoms with Crippen molar-refractivity contribution in [1.82, 2.24) is 9.80 Å². The van der Waals surface area contributed by atoms with Crippen LogP contribution >= 0.6 is 0 Å². The molecule has 2 aliphatic heterocycles. The van der Waals surface area contributed by atoms with Crippen LogP contribution in [0.5, 0.6) is 0 Å². The Bertz CT molecular complexity index is 289. The van der Waals surface area contributed by atoms with Crippen LogP contribution in [0.3, 0.4) is 0 Å². The second-order valence-corrected chi connectivity index (χ2v) is 8.18. The van der Waals surface area contributed by atoms with Crippen molar-refractivity contribution < 1.29 is 4.74 Å². The van der Waals surface area contributed by atoms with Crippen LogP contribution in [0, 0.1) is 0 Å². The molecular formula is C16H32N2O. The number of fused-ring (bicyclic) bond motifs is 2. The summed E-state index contributed by atoms with van der Waals surface area (Å²) >= 11 is 0. The molecule has 0 radical (unpaired) electrons. The first-order chi connectivity index (χ1) is 8.67. The van der Waals surface area contributed by atoms with Gasteiger partial charge in [0.25, 0.3) is 0 Å². The van der Waals surface area contributed by atoms with E-state index >= 15 is 0 Å². The molecule has 3 heteroatoms. The fraction of sp³-hybridized carbons (Fsp3) is 1.00. The normalized spacial score (nSPS) is 30.0. The van der Waals surface area contributed by atoms with Crippen molar-refractivity contribution in [1.29, 1.82) is 0 Å². The van der Waals surface area contributed by atoms with Gasteiger partial charge in [0.05, 0.1) is 12.2 Å². The van der Waals surface area contributed by atoms with Crippen molar-refractivity contribution in [2.45, 2.75) is 77.6 Å². The highest BCUT2D eigenvalue weighted by Gasteiger charge is 2.44. The fourth-order valence-electron chi connectivity index (χ4n) is 3.75. The summed E-state index contributed by atoms with van der Waals surface area (Å²) in [5, 5.41) is 0. The van der Waals surface area contributed by atoms with Crippen molar-refractivity contribution in [3.8, 4) is 0 Å². The molecule has 2 atom stereocenters. The van der Waals surface area contributed by atoms with Crippen LogP contribution in [0.25, 0.3) is 0 Å². The van der Waals surface area contributed by atoms with Crippen LogP contribution in [-0.2, 0) is 4.74 Å². The third-order valence-electron chi connectivity index (χ3n) is 4.27. The largest absolute Gasteiger partial charge is 0.375 e. The van der Waals surface area contributed by atoms with Gasteiger partial charge in [0.2, 0.25) is 0 Å². The zero-order valence-corrected chi connectivity index (χ0v) is 13.7. The lowest BCUT2D eigenvalue weighted by molar-refractivity contribution is -0.0367. The smallest absolute Gasteiger partial charge is 0.0600 e. The van der Waals surface area contributed by atoms with Gasteiger partial charge in [-0.15, -0.1) is 0 Å². The number of piperazine rings is 1. The first-order valence-electron chi connectivity index (χ1n) is 7.81. The first-order valence-corrected chi connectivity index (χ1v) is 7.81. The maximum Gasteiger partial charge on any atom is 0.0600 e. The number of rotatable bonds is 3. The van der Waals surface area contributed by atoms with Crippen molar-refractivity contribution in [3.63, 3.8) is 0 Å². The van der Waals surface area contributed by atoms with E-state index in [1.54, 1.807) is 0 Å². The van der Waals surface area contributed by atoms with Gasteiger partial charge in [0.15, 0.2) is 0 Å². The summed E-state index contributed by atoms with van der Waals surface area (Å²) in [7, 11) is 0. The highest BCUT2D eigenvalue weighted by molar-refractivity contribution is 5.00. The van der Waals surface area contributed by atoms with Crippen molar-refractivity contribution in [2.75, 3.05) is 26.2 Å². The molecule has 0 amide bonds. The van der Waals surface area contributed by atoms with Gasteiger partial charge in [-0.05, 0) is 54.4 Å². The molecule has 0 aromatic rings. The van der Waals surface area contributed by atoms with E-state index in [1.165, 1.54) is 25.9 Å². The molecule has 2 bridgehead atoms. The summed E-state index contributed by atoms with van der Waals surface area (Å²) in [6.45, 7) is 17.9. The molecule has 2 saturated heterocycles. The molecule has 2 unspecified atom stereocenters. The predicted octanol–water partition coefficient (Wildman–Crippen LogP) is 2.75. The summed E-state index contributed by atoms with van der Waals surface area (Å²) < 4.78 is 5.86. The summed E-state index contributed by atoms with van der Waals surface area (Å²) in [6.07, 6.45) is 2.75. The van der Waals surface area contributed by atoms with Crippen LogP contribution < -0.4 is 0 Å². The number of likely N-dealkylation sites (tertiary alicyclic amines) is 1. The van der Waals surface area contributed by atoms with E-state index in [9.17, 15) is 0 Å². The minimum atomic E-state index is -0.00772. The van der Waals surface area contributed by atoms with Crippen LogP contribution in [0.15, 0.2) is 0 Å². The van der Waals surface area contributed by atoms with E-state index in [2.05, 4.69) is 51.3 Å². The summed E-state index contributed by atoms with van der Waals surface area (Å²) in [6, 6.07) is 1.52. The van der Waals surface area contributed by atoms with Crippen molar-refractivity contribution in [2.24, 2.45) is 0 Å². The average molecular weight is 268 g/mol. The highest BCUT2D eigenvalue weighted by atomic mass is 16.5. The Morgan fingerprint density at radius 1 is 0.947 bits per heavy atom. The van der Waals surface area contributed by atoms with E-state index in [-0.39, 0.29) is 5.60 Å². The van der Waals surface area contributed by atoms with Gasteiger partial charge in [-0.1, -0.05) is 0 Å². The summed E-state index contributed by atoms with van der Waals surface area (Å²) in [5.74, 6) is 0. The maximum absolute atomic E-state index is 5.86. The number of ether oxygens (including phenoxy) is 1. The third kappa shape index (κ3) is 3.93. The topological polar surface area (TPSA) is 15.7 Å². The second-order valence-electron chi connectivity index (χ2n) is 8.18. The molecule has 0 spiro atoms. The molecule has 2 aliphatic rings. The molecule has 0 aromatic carbocycles. The Labute approximate surface area is 119 Å². The molecule has 112 valence electrons. The average Bonchev–Trinajstić information content (AvgIpc) is 2.49. The monoisotopic (exact) mass is 268 g/mol. The minimum absolute atomic E-state index is 0.00772. The van der Waals surface area contributed by atoms with Gasteiger partial charge < -0.3 is 4.74 Å². The first kappa shape index (κ1) is 15.3. The Hall–Kier alpha value is -0.120. The molecule has 2 rings (SSSR count). The van der Waals surface area contributed by atoms with Crippen LogP contribution in [-0.4, -0.2) is 59.3 Å². The van der Waals surface area contributed by atoms with E-state index < -0.39 is 0 Å². The number of nitrogens with zero attached hydrogens (tertiary/aromatic N) is 2. The molecule has 0 aromatic heterocycles. The lowest BCUT2D eigenvalue weighted by Gasteiger charge is -2.48. The maximum atomic E-state index is 5.86. The van der Waals surface area contributed by atoms with Crippen molar-refractivity contribution >= 4 is 0 Å². The van der Waals surface area contributed by atoms with E-state index in [1.807, 2.05) is 0 Å². The second kappa shape index (κ2) is 5.34. The van der Waals surface area contributed by atoms with Crippen LogP contribution in [0.4, 0.5) is 0 Å². The number of hydrogen-bond donors (Lipinski definition) is 0. The van der Waals surface area contributed by atoms with E-state index in [0.717, 1.165) is 25.2 Å². The van der Waals surface area contributed by atoms with Gasteiger partial charge in [-0.25, -0.2) is 0 Å². The molecule has 0 aliphatic carbocycles. The molecular weight excluding hydrogens is 236 g/mol. The van der Waals surface area contributed by atoms with Crippen LogP contribution in [0.2, 0.25) is 0 Å². The van der Waals surface area contributed by atoms with Gasteiger partial charge >= 0.3 is 0 Å². The molecule has 0 saturated carbocycles. The van der Waals surface area contributed by atoms with Gasteiger partial charge in [-0.2, -0.15) is 0 Å². The Kier molecular flexibility index (Phi) is 4.29. The Morgan fingerprint density at radius 2 is 1.47 bits per heavy atom. The number of hydrogen-bond acceptors (Lipinski definition) is 3. The van der Waals surface area contributed by atoms with Crippen molar-refractivity contribution in [3.05, 3.63) is 0 Å². The quantitative estimate of drug-likeness (QED) is 0.783. The zero-order chi connectivity index (χ0) is 14.3. The summed E-state index contributed by atoms with van der Waals surface area (Å²) in [5.41, 5.74) is 0.312. The SMILES string of the molecule is CC(C)(C)OCCN1CC2CCC(C1)N2C(C)(C)C. The molecule has 19 heavy (non-hydrogen) atoms. The Morgan fingerprint density at radius 3 is 1.89 bits per heavy atom. The molecule has 2 heterocycles. The highest BCUT2D eigenvalue weighted by Crippen LogP contribution is 2.35. The lowest BCUT2D eigenvalue weighted by Crippen LogP contribution is -2.60. The minimum Gasteiger partial charge on any atom is -0.375 e. The third-order valence-corrected chi connectivity index (χ3v) is 4.27. The lowest BCUT2D eigenvalue weighted by atomic mass is 10.0. The molecule has 3 nitrogen and oxygen atoms in total. The zero-order valence-electron chi connectivity index (χ0n) is 13.7. The molecule has 2 fully saturated rings. The van der Waals surface area contributed by atoms with Gasteiger partial charge in [0.1, 0.15) is 0 Å². The summed E-state index contributed by atoms with van der Waals surface area (Å²) in [4.78, 5) is 5.37. The molecule has 0 N–H and O–H groups in total. The Balaban J connectivity index is 1.84.